The van der Waals surface area contributed by atoms with E-state index in [2.05, 4.69) is 33.8 Å². The molecule has 2 aliphatic heterocycles. The smallest absolute Gasteiger partial charge is 0.257 e. The maximum atomic E-state index is 13.0. The molecule has 2 aromatic heterocycles. The Hall–Kier alpha value is -2.19. The van der Waals surface area contributed by atoms with Crippen molar-refractivity contribution in [3.05, 3.63) is 39.8 Å². The van der Waals surface area contributed by atoms with Crippen LogP contribution in [0.25, 0.3) is 0 Å². The van der Waals surface area contributed by atoms with Gasteiger partial charge in [-0.3, -0.25) is 14.3 Å². The van der Waals surface area contributed by atoms with Crippen molar-refractivity contribution in [2.24, 2.45) is 5.92 Å². The van der Waals surface area contributed by atoms with Gasteiger partial charge < -0.3 is 15.1 Å². The third kappa shape index (κ3) is 4.87. The highest BCUT2D eigenvalue weighted by Gasteiger charge is 2.29. The number of hydrogen-bond acceptors (Lipinski definition) is 5. The third-order valence-electron chi connectivity index (χ3n) is 6.01. The van der Waals surface area contributed by atoms with Crippen molar-refractivity contribution >= 4 is 23.2 Å². The van der Waals surface area contributed by atoms with E-state index < -0.39 is 0 Å². The van der Waals surface area contributed by atoms with Gasteiger partial charge >= 0.3 is 0 Å². The van der Waals surface area contributed by atoms with Gasteiger partial charge in [-0.2, -0.15) is 16.4 Å². The lowest BCUT2D eigenvalue weighted by Crippen LogP contribution is -2.47. The Kier molecular flexibility index (Phi) is 6.30. The van der Waals surface area contributed by atoms with Crippen LogP contribution in [-0.4, -0.2) is 71.2 Å². The van der Waals surface area contributed by atoms with Crippen LogP contribution in [0.15, 0.2) is 23.0 Å². The van der Waals surface area contributed by atoms with Crippen LogP contribution in [0.2, 0.25) is 0 Å². The van der Waals surface area contributed by atoms with Crippen LogP contribution in [0.3, 0.4) is 0 Å². The molecule has 2 aliphatic rings. The van der Waals surface area contributed by atoms with E-state index in [9.17, 15) is 9.59 Å². The number of nitrogens with one attached hydrogen (secondary N) is 1. The molecule has 156 valence electrons. The lowest BCUT2D eigenvalue weighted by Gasteiger charge is -2.32. The summed E-state index contributed by atoms with van der Waals surface area (Å²) in [5, 5.41) is 11.7. The summed E-state index contributed by atoms with van der Waals surface area (Å²) in [5.74, 6) is 0.548. The van der Waals surface area contributed by atoms with E-state index in [1.807, 2.05) is 15.0 Å². The molecule has 0 aromatic carbocycles. The van der Waals surface area contributed by atoms with Crippen LogP contribution in [-0.2, 0) is 24.2 Å². The fourth-order valence-electron chi connectivity index (χ4n) is 4.07. The van der Waals surface area contributed by atoms with Crippen LogP contribution in [0.1, 0.15) is 34.5 Å². The van der Waals surface area contributed by atoms with E-state index in [0.717, 1.165) is 63.2 Å². The number of piperazine rings is 1. The van der Waals surface area contributed by atoms with Gasteiger partial charge in [-0.05, 0) is 54.6 Å². The molecule has 4 rings (SSSR count). The van der Waals surface area contributed by atoms with Crippen molar-refractivity contribution in [1.29, 1.82) is 0 Å². The second-order valence-corrected chi connectivity index (χ2v) is 8.90. The minimum Gasteiger partial charge on any atom is -0.356 e. The van der Waals surface area contributed by atoms with Crippen LogP contribution in [0.4, 0.5) is 0 Å². The summed E-state index contributed by atoms with van der Waals surface area (Å²) in [6.45, 7) is 4.83. The highest BCUT2D eigenvalue weighted by Crippen LogP contribution is 2.24. The summed E-state index contributed by atoms with van der Waals surface area (Å²) < 4.78 is 1.97. The summed E-state index contributed by atoms with van der Waals surface area (Å²) in [5.41, 5.74) is 2.99. The Morgan fingerprint density at radius 3 is 2.83 bits per heavy atom. The van der Waals surface area contributed by atoms with Crippen molar-refractivity contribution in [2.75, 3.05) is 39.8 Å². The molecular weight excluding hydrogens is 386 g/mol. The fourth-order valence-corrected chi connectivity index (χ4v) is 4.77. The molecule has 1 saturated heterocycles. The SMILES string of the molecule is CN1CCN(C(=O)c2cnn3c2C[C@@H](CNC(=O)CCc2ccsc2)CC3)CC1. The zero-order valence-electron chi connectivity index (χ0n) is 17.0. The molecule has 1 fully saturated rings. The van der Waals surface area contributed by atoms with Crippen LogP contribution >= 0.6 is 11.3 Å². The lowest BCUT2D eigenvalue weighted by atomic mass is 9.94. The number of likely N-dealkylation sites (N-methyl/N-ethyl adjacent to an activating group) is 1. The number of thiophene rings is 1. The van der Waals surface area contributed by atoms with Crippen LogP contribution in [0.5, 0.6) is 0 Å². The molecule has 29 heavy (non-hydrogen) atoms. The molecule has 0 unspecified atom stereocenters. The second-order valence-electron chi connectivity index (χ2n) is 8.12. The van der Waals surface area contributed by atoms with E-state index in [-0.39, 0.29) is 11.8 Å². The molecule has 0 radical (unpaired) electrons. The second kappa shape index (κ2) is 9.09. The monoisotopic (exact) mass is 415 g/mol. The van der Waals surface area contributed by atoms with Gasteiger partial charge in [0.1, 0.15) is 0 Å². The summed E-state index contributed by atoms with van der Waals surface area (Å²) in [7, 11) is 2.09. The van der Waals surface area contributed by atoms with Crippen molar-refractivity contribution < 1.29 is 9.59 Å². The number of aromatic nitrogens is 2. The number of carbonyl (C=O) groups excluding carboxylic acids is 2. The largest absolute Gasteiger partial charge is 0.356 e. The number of nitrogens with zero attached hydrogens (tertiary/aromatic N) is 4. The normalized spacial score (nSPS) is 19.8. The quantitative estimate of drug-likeness (QED) is 0.779. The highest BCUT2D eigenvalue weighted by atomic mass is 32.1. The van der Waals surface area contributed by atoms with Gasteiger partial charge in [-0.1, -0.05) is 0 Å². The van der Waals surface area contributed by atoms with E-state index in [4.69, 9.17) is 0 Å². The minimum atomic E-state index is 0.0970. The van der Waals surface area contributed by atoms with Gasteiger partial charge in [0, 0.05) is 45.7 Å². The first-order valence-corrected chi connectivity index (χ1v) is 11.3. The maximum absolute atomic E-state index is 13.0. The molecule has 2 amide bonds. The standard InChI is InChI=1S/C21H29N5O2S/c1-24-7-9-25(10-8-24)21(28)18-14-23-26-6-4-17(12-19(18)26)13-22-20(27)3-2-16-5-11-29-15-16/h5,11,14-15,17H,2-4,6-10,12-13H2,1H3,(H,22,27)/t17-/m0/s1. The van der Waals surface area contributed by atoms with E-state index in [1.54, 1.807) is 17.5 Å². The molecule has 0 spiro atoms. The van der Waals surface area contributed by atoms with Gasteiger partial charge in [0.05, 0.1) is 17.5 Å². The van der Waals surface area contributed by atoms with Crippen molar-refractivity contribution in [3.63, 3.8) is 0 Å². The zero-order chi connectivity index (χ0) is 20.2. The fraction of sp³-hybridized carbons (Fsp3) is 0.571. The molecule has 8 heteroatoms. The topological polar surface area (TPSA) is 70.5 Å². The first-order valence-electron chi connectivity index (χ1n) is 10.4. The van der Waals surface area contributed by atoms with Crippen LogP contribution in [0, 0.1) is 5.92 Å². The van der Waals surface area contributed by atoms with Gasteiger partial charge in [0.25, 0.3) is 5.91 Å². The number of rotatable bonds is 6. The number of carbonyl (C=O) groups is 2. The van der Waals surface area contributed by atoms with E-state index >= 15 is 0 Å². The molecule has 2 aromatic rings. The Morgan fingerprint density at radius 2 is 2.07 bits per heavy atom. The molecule has 0 saturated carbocycles. The minimum absolute atomic E-state index is 0.0970. The van der Waals surface area contributed by atoms with Crippen LogP contribution < -0.4 is 5.32 Å². The summed E-state index contributed by atoms with van der Waals surface area (Å²) in [4.78, 5) is 29.4. The number of aryl methyl sites for hydroxylation is 2. The maximum Gasteiger partial charge on any atom is 0.257 e. The summed E-state index contributed by atoms with van der Waals surface area (Å²) in [6.07, 6.45) is 4.81. The van der Waals surface area contributed by atoms with Crippen molar-refractivity contribution in [1.82, 2.24) is 24.9 Å². The predicted octanol–water partition coefficient (Wildman–Crippen LogP) is 1.64. The van der Waals surface area contributed by atoms with Gasteiger partial charge in [0.15, 0.2) is 0 Å². The molecular formula is C21H29N5O2S. The number of amides is 2. The van der Waals surface area contributed by atoms with Gasteiger partial charge in [-0.15, -0.1) is 0 Å². The molecule has 7 nitrogen and oxygen atoms in total. The highest BCUT2D eigenvalue weighted by molar-refractivity contribution is 7.07. The molecule has 1 N–H and O–H groups in total. The Labute approximate surface area is 175 Å². The first-order chi connectivity index (χ1) is 14.1. The molecule has 1 atom stereocenters. The average Bonchev–Trinajstić information content (AvgIpc) is 3.40. The number of hydrogen-bond donors (Lipinski definition) is 1. The Balaban J connectivity index is 1.30. The van der Waals surface area contributed by atoms with Crippen molar-refractivity contribution in [3.8, 4) is 0 Å². The lowest BCUT2D eigenvalue weighted by molar-refractivity contribution is -0.121. The molecule has 0 aliphatic carbocycles. The molecule has 4 heterocycles. The average molecular weight is 416 g/mol. The summed E-state index contributed by atoms with van der Waals surface area (Å²) >= 11 is 1.66. The Morgan fingerprint density at radius 1 is 1.24 bits per heavy atom. The molecule has 0 bridgehead atoms. The van der Waals surface area contributed by atoms with Gasteiger partial charge in [0.2, 0.25) is 5.91 Å². The Bertz CT molecular complexity index is 839. The van der Waals surface area contributed by atoms with E-state index in [0.29, 0.717) is 18.9 Å². The zero-order valence-corrected chi connectivity index (χ0v) is 17.8. The first kappa shape index (κ1) is 20.1. The number of fused-ring (bicyclic) bond motifs is 1. The third-order valence-corrected chi connectivity index (χ3v) is 6.74. The van der Waals surface area contributed by atoms with E-state index in [1.165, 1.54) is 5.56 Å². The van der Waals surface area contributed by atoms with Crippen molar-refractivity contribution in [2.45, 2.75) is 32.2 Å². The predicted molar refractivity (Wildman–Crippen MR) is 113 cm³/mol. The van der Waals surface area contributed by atoms with Gasteiger partial charge in [-0.25, -0.2) is 0 Å². The summed E-state index contributed by atoms with van der Waals surface area (Å²) in [6, 6.07) is 2.07.